The zero-order valence-corrected chi connectivity index (χ0v) is 24.7. The number of amides is 2. The van der Waals surface area contributed by atoms with Crippen LogP contribution < -0.4 is 14.4 Å². The van der Waals surface area contributed by atoms with E-state index in [1.54, 1.807) is 31.2 Å². The number of benzene rings is 2. The van der Waals surface area contributed by atoms with Gasteiger partial charge in [0.1, 0.15) is 18.3 Å². The van der Waals surface area contributed by atoms with Crippen LogP contribution in [0.5, 0.6) is 5.75 Å². The predicted molar refractivity (Wildman–Crippen MR) is 149 cm³/mol. The number of nitrogens with zero attached hydrogens (tertiary/aromatic N) is 2. The van der Waals surface area contributed by atoms with Crippen LogP contribution in [-0.4, -0.2) is 56.6 Å². The van der Waals surface area contributed by atoms with E-state index in [2.05, 4.69) is 5.32 Å². The molecule has 1 atom stereocenters. The maximum Gasteiger partial charge on any atom is 0.244 e. The van der Waals surface area contributed by atoms with Crippen LogP contribution in [0.15, 0.2) is 36.4 Å². The van der Waals surface area contributed by atoms with Crippen LogP contribution in [0.3, 0.4) is 0 Å². The lowest BCUT2D eigenvalue weighted by Gasteiger charge is -2.34. The molecule has 0 aliphatic rings. The number of rotatable bonds is 10. The Labute approximate surface area is 233 Å². The molecule has 0 aliphatic carbocycles. The van der Waals surface area contributed by atoms with Crippen molar-refractivity contribution >= 4 is 62.3 Å². The van der Waals surface area contributed by atoms with Crippen LogP contribution >= 0.6 is 34.8 Å². The fraction of sp³-hybridized carbons (Fsp3) is 0.440. The Morgan fingerprint density at radius 2 is 1.68 bits per heavy atom. The minimum absolute atomic E-state index is 0.000406. The van der Waals surface area contributed by atoms with E-state index in [1.165, 1.54) is 24.1 Å². The van der Waals surface area contributed by atoms with Gasteiger partial charge < -0.3 is 15.0 Å². The first-order chi connectivity index (χ1) is 17.1. The summed E-state index contributed by atoms with van der Waals surface area (Å²) in [7, 11) is -2.46. The van der Waals surface area contributed by atoms with Gasteiger partial charge in [-0.2, -0.15) is 0 Å². The molecule has 0 fully saturated rings. The molecule has 1 N–H and O–H groups in total. The van der Waals surface area contributed by atoms with Crippen LogP contribution in [0.2, 0.25) is 15.1 Å². The number of anilines is 1. The van der Waals surface area contributed by atoms with Gasteiger partial charge in [0.2, 0.25) is 21.8 Å². The molecule has 2 amide bonds. The average molecular weight is 593 g/mol. The second kappa shape index (κ2) is 12.6. The molecule has 12 heteroatoms. The van der Waals surface area contributed by atoms with E-state index < -0.39 is 34.1 Å². The van der Waals surface area contributed by atoms with E-state index in [-0.39, 0.29) is 33.2 Å². The summed E-state index contributed by atoms with van der Waals surface area (Å²) < 4.78 is 31.7. The van der Waals surface area contributed by atoms with Crippen molar-refractivity contribution < 1.29 is 22.7 Å². The lowest BCUT2D eigenvalue weighted by molar-refractivity contribution is -0.141. The van der Waals surface area contributed by atoms with E-state index in [1.807, 2.05) is 20.8 Å². The molecule has 0 bridgehead atoms. The molecule has 0 saturated carbocycles. The lowest BCUT2D eigenvalue weighted by Crippen LogP contribution is -2.55. The largest absolute Gasteiger partial charge is 0.497 e. The molecule has 2 aromatic carbocycles. The van der Waals surface area contributed by atoms with Gasteiger partial charge in [-0.05, 0) is 57.0 Å². The van der Waals surface area contributed by atoms with Gasteiger partial charge >= 0.3 is 0 Å². The van der Waals surface area contributed by atoms with Crippen LogP contribution in [-0.2, 0) is 26.2 Å². The minimum atomic E-state index is -3.98. The van der Waals surface area contributed by atoms with Crippen molar-refractivity contribution in [1.82, 2.24) is 10.2 Å². The number of ether oxygens (including phenoxy) is 1. The number of hydrogen-bond acceptors (Lipinski definition) is 5. The summed E-state index contributed by atoms with van der Waals surface area (Å²) in [5.41, 5.74) is 0.162. The topological polar surface area (TPSA) is 96.0 Å². The van der Waals surface area contributed by atoms with Gasteiger partial charge in [-0.3, -0.25) is 13.9 Å². The van der Waals surface area contributed by atoms with Gasteiger partial charge in [0.05, 0.1) is 34.1 Å². The molecule has 0 heterocycles. The van der Waals surface area contributed by atoms with Crippen LogP contribution in [0.1, 0.15) is 39.7 Å². The highest BCUT2D eigenvalue weighted by atomic mass is 35.5. The van der Waals surface area contributed by atoms with Gasteiger partial charge in [0.15, 0.2) is 0 Å². The Bertz CT molecular complexity index is 1250. The maximum absolute atomic E-state index is 13.8. The first-order valence-corrected chi connectivity index (χ1v) is 14.4. The van der Waals surface area contributed by atoms with E-state index in [9.17, 15) is 18.0 Å². The molecule has 2 aromatic rings. The fourth-order valence-corrected chi connectivity index (χ4v) is 5.18. The standard InChI is InChI=1S/C25H32Cl3N3O5S/c1-7-21(24(33)29-25(2,3)4)30(14-16-9-8-10-17(11-16)36-5)23(32)15-31(37(6,34)35)22-13-19(27)18(26)12-20(22)28/h8-13,21H,7,14-15H2,1-6H3,(H,29,33). The SMILES string of the molecule is CCC(C(=O)NC(C)(C)C)N(Cc1cccc(OC)c1)C(=O)CN(c1cc(Cl)c(Cl)cc1Cl)S(C)(=O)=O. The molecule has 204 valence electrons. The molecule has 0 aromatic heterocycles. The summed E-state index contributed by atoms with van der Waals surface area (Å²) in [5, 5.41) is 3.13. The van der Waals surface area contributed by atoms with E-state index in [4.69, 9.17) is 39.5 Å². The Hall–Kier alpha value is -2.20. The van der Waals surface area contributed by atoms with Crippen LogP contribution in [0, 0.1) is 0 Å². The number of halogens is 3. The van der Waals surface area contributed by atoms with Gasteiger partial charge in [-0.15, -0.1) is 0 Å². The van der Waals surface area contributed by atoms with E-state index in [0.29, 0.717) is 17.7 Å². The second-order valence-electron chi connectivity index (χ2n) is 9.52. The fourth-order valence-electron chi connectivity index (χ4n) is 3.64. The monoisotopic (exact) mass is 591 g/mol. The molecule has 2 rings (SSSR count). The summed E-state index contributed by atoms with van der Waals surface area (Å²) >= 11 is 18.4. The highest BCUT2D eigenvalue weighted by molar-refractivity contribution is 7.92. The summed E-state index contributed by atoms with van der Waals surface area (Å²) in [6.07, 6.45) is 1.25. The van der Waals surface area contributed by atoms with Gasteiger partial charge in [-0.1, -0.05) is 53.9 Å². The van der Waals surface area contributed by atoms with Crippen LogP contribution in [0.25, 0.3) is 0 Å². The zero-order valence-electron chi connectivity index (χ0n) is 21.6. The molecule has 0 radical (unpaired) electrons. The summed E-state index contributed by atoms with van der Waals surface area (Å²) in [5.74, 6) is -0.381. The number of hydrogen-bond donors (Lipinski definition) is 1. The summed E-state index contributed by atoms with van der Waals surface area (Å²) in [6.45, 7) is 6.72. The molecule has 0 aliphatic heterocycles. The Morgan fingerprint density at radius 1 is 1.05 bits per heavy atom. The number of methoxy groups -OCH3 is 1. The Morgan fingerprint density at radius 3 is 2.22 bits per heavy atom. The molecular weight excluding hydrogens is 561 g/mol. The summed E-state index contributed by atoms with van der Waals surface area (Å²) in [6, 6.07) is 8.80. The average Bonchev–Trinajstić information content (AvgIpc) is 2.78. The van der Waals surface area contributed by atoms with E-state index >= 15 is 0 Å². The van der Waals surface area contributed by atoms with Gasteiger partial charge in [0.25, 0.3) is 0 Å². The third kappa shape index (κ3) is 8.67. The van der Waals surface area contributed by atoms with Gasteiger partial charge in [0, 0.05) is 12.1 Å². The normalized spacial score (nSPS) is 12.6. The molecule has 0 spiro atoms. The Kier molecular flexibility index (Phi) is 10.5. The highest BCUT2D eigenvalue weighted by Crippen LogP contribution is 2.35. The molecular formula is C25H32Cl3N3O5S. The maximum atomic E-state index is 13.8. The van der Waals surface area contributed by atoms with Crippen molar-refractivity contribution in [1.29, 1.82) is 0 Å². The van der Waals surface area contributed by atoms with Crippen molar-refractivity contribution in [2.24, 2.45) is 0 Å². The number of nitrogens with one attached hydrogen (secondary N) is 1. The van der Waals surface area contributed by atoms with Crippen molar-refractivity contribution in [3.63, 3.8) is 0 Å². The molecule has 8 nitrogen and oxygen atoms in total. The number of carbonyl (C=O) groups excluding carboxylic acids is 2. The predicted octanol–water partition coefficient (Wildman–Crippen LogP) is 5.14. The third-order valence-electron chi connectivity index (χ3n) is 5.31. The Balaban J connectivity index is 2.54. The van der Waals surface area contributed by atoms with Crippen molar-refractivity contribution in [3.8, 4) is 5.75 Å². The van der Waals surface area contributed by atoms with Crippen LogP contribution in [0.4, 0.5) is 5.69 Å². The van der Waals surface area contributed by atoms with Gasteiger partial charge in [-0.25, -0.2) is 8.42 Å². The smallest absolute Gasteiger partial charge is 0.244 e. The quantitative estimate of drug-likeness (QED) is 0.385. The van der Waals surface area contributed by atoms with Crippen molar-refractivity contribution in [2.75, 3.05) is 24.2 Å². The third-order valence-corrected chi connectivity index (χ3v) is 7.46. The lowest BCUT2D eigenvalue weighted by atomic mass is 10.1. The second-order valence-corrected chi connectivity index (χ2v) is 12.7. The number of sulfonamides is 1. The minimum Gasteiger partial charge on any atom is -0.497 e. The zero-order chi connectivity index (χ0) is 28.1. The molecule has 37 heavy (non-hydrogen) atoms. The molecule has 1 unspecified atom stereocenters. The highest BCUT2D eigenvalue weighted by Gasteiger charge is 2.33. The summed E-state index contributed by atoms with van der Waals surface area (Å²) in [4.78, 5) is 28.4. The van der Waals surface area contributed by atoms with Crippen molar-refractivity contribution in [3.05, 3.63) is 57.0 Å². The van der Waals surface area contributed by atoms with E-state index in [0.717, 1.165) is 10.6 Å². The first-order valence-electron chi connectivity index (χ1n) is 11.4. The first kappa shape index (κ1) is 31.0. The number of carbonyl (C=O) groups is 2. The van der Waals surface area contributed by atoms with Crippen molar-refractivity contribution in [2.45, 2.75) is 52.2 Å². The molecule has 0 saturated heterocycles.